The fourth-order valence-corrected chi connectivity index (χ4v) is 6.25. The molecule has 7 heteroatoms. The van der Waals surface area contributed by atoms with Crippen molar-refractivity contribution in [3.05, 3.63) is 53.1 Å². The summed E-state index contributed by atoms with van der Waals surface area (Å²) in [6.07, 6.45) is 2.86. The van der Waals surface area contributed by atoms with E-state index in [4.69, 9.17) is 22.4 Å². The Kier molecular flexibility index (Phi) is 7.59. The van der Waals surface area contributed by atoms with Gasteiger partial charge < -0.3 is 15.7 Å². The zero-order chi connectivity index (χ0) is 24.3. The lowest BCUT2D eigenvalue weighted by Crippen LogP contribution is -2.58. The molecular formula is C27H34ClN4O2+. The second-order valence-electron chi connectivity index (χ2n) is 9.92. The van der Waals surface area contributed by atoms with Gasteiger partial charge in [-0.2, -0.15) is 5.26 Å². The number of aliphatic hydroxyl groups is 1. The minimum atomic E-state index is -0.457. The Hall–Kier alpha value is -2.43. The van der Waals surface area contributed by atoms with Gasteiger partial charge in [-0.1, -0.05) is 48.9 Å². The van der Waals surface area contributed by atoms with Crippen molar-refractivity contribution in [2.24, 2.45) is 11.7 Å². The molecule has 2 aliphatic heterocycles. The number of likely N-dealkylation sites (tertiary alicyclic amines) is 2. The largest absolute Gasteiger partial charge is 0.395 e. The number of nitrogens with zero attached hydrogens (tertiary/aromatic N) is 3. The molecule has 0 bridgehead atoms. The van der Waals surface area contributed by atoms with Crippen LogP contribution in [0.25, 0.3) is 11.1 Å². The van der Waals surface area contributed by atoms with Crippen LogP contribution in [0.15, 0.2) is 42.5 Å². The van der Waals surface area contributed by atoms with Crippen molar-refractivity contribution in [3.8, 4) is 17.2 Å². The lowest BCUT2D eigenvalue weighted by molar-refractivity contribution is -0.121. The van der Waals surface area contributed by atoms with Crippen LogP contribution in [0.1, 0.15) is 37.7 Å². The molecule has 2 fully saturated rings. The zero-order valence-electron chi connectivity index (χ0n) is 19.8. The van der Waals surface area contributed by atoms with E-state index in [9.17, 15) is 10.1 Å². The van der Waals surface area contributed by atoms with E-state index in [2.05, 4.69) is 42.2 Å². The number of rotatable bonds is 7. The molecule has 2 aliphatic rings. The van der Waals surface area contributed by atoms with Crippen LogP contribution in [0.4, 0.5) is 5.69 Å². The maximum absolute atomic E-state index is 12.4. The summed E-state index contributed by atoms with van der Waals surface area (Å²) in [7, 11) is 0. The highest BCUT2D eigenvalue weighted by Crippen LogP contribution is 2.43. The molecule has 3 atom stereocenters. The van der Waals surface area contributed by atoms with Crippen molar-refractivity contribution in [2.75, 3.05) is 39.3 Å². The van der Waals surface area contributed by atoms with Gasteiger partial charge in [0.15, 0.2) is 18.3 Å². The molecular weight excluding hydrogens is 448 g/mol. The van der Waals surface area contributed by atoms with E-state index in [1.165, 1.54) is 5.56 Å². The summed E-state index contributed by atoms with van der Waals surface area (Å²) < 4.78 is 0.199. The predicted molar refractivity (Wildman–Crippen MR) is 136 cm³/mol. The number of quaternary nitrogens is 1. The number of hydrogen-bond donors (Lipinski definition) is 2. The maximum atomic E-state index is 12.4. The normalized spacial score (nSPS) is 25.8. The zero-order valence-corrected chi connectivity index (χ0v) is 20.5. The van der Waals surface area contributed by atoms with Gasteiger partial charge in [0.05, 0.1) is 13.2 Å². The van der Waals surface area contributed by atoms with Gasteiger partial charge in [-0.15, -0.1) is 0 Å². The van der Waals surface area contributed by atoms with E-state index in [1.54, 1.807) is 0 Å². The van der Waals surface area contributed by atoms with Gasteiger partial charge in [0.25, 0.3) is 5.91 Å². The molecule has 180 valence electrons. The quantitative estimate of drug-likeness (QED) is 0.463. The number of β-amino-alcohol motifs (C(OH)–C–C–N with tert-alkyl or cyclic N) is 1. The van der Waals surface area contributed by atoms with Crippen molar-refractivity contribution >= 4 is 23.2 Å². The number of aliphatic hydroxyl groups excluding tert-OH is 1. The van der Waals surface area contributed by atoms with Gasteiger partial charge in [-0.25, -0.2) is 0 Å². The molecule has 2 heterocycles. The molecule has 34 heavy (non-hydrogen) atoms. The van der Waals surface area contributed by atoms with Gasteiger partial charge in [0.2, 0.25) is 0 Å². The Labute approximate surface area is 207 Å². The number of hydrogen-bond acceptors (Lipinski definition) is 4. The number of carbonyl (C=O) groups excluding carboxylic acids is 1. The van der Waals surface area contributed by atoms with Crippen molar-refractivity contribution in [1.29, 1.82) is 5.26 Å². The molecule has 0 radical (unpaired) electrons. The van der Waals surface area contributed by atoms with Crippen LogP contribution in [0.2, 0.25) is 5.02 Å². The molecule has 0 spiro atoms. The summed E-state index contributed by atoms with van der Waals surface area (Å²) in [5.74, 6) is 0.431. The first-order valence-electron chi connectivity index (χ1n) is 12.1. The summed E-state index contributed by atoms with van der Waals surface area (Å²) in [5.41, 5.74) is 10.0. The number of piperidine rings is 1. The second-order valence-corrected chi connectivity index (χ2v) is 10.3. The molecule has 6 nitrogen and oxygen atoms in total. The third kappa shape index (κ3) is 4.85. The summed E-state index contributed by atoms with van der Waals surface area (Å²) in [4.78, 5) is 14.7. The third-order valence-electron chi connectivity index (χ3n) is 7.69. The fraction of sp³-hybridized carbons (Fsp3) is 0.481. The van der Waals surface area contributed by atoms with Gasteiger partial charge >= 0.3 is 0 Å². The van der Waals surface area contributed by atoms with E-state index in [0.29, 0.717) is 23.9 Å². The molecule has 2 aromatic rings. The Morgan fingerprint density at radius 3 is 2.50 bits per heavy atom. The van der Waals surface area contributed by atoms with E-state index in [1.807, 2.05) is 18.2 Å². The monoisotopic (exact) mass is 481 g/mol. The highest BCUT2D eigenvalue weighted by molar-refractivity contribution is 6.33. The van der Waals surface area contributed by atoms with Crippen molar-refractivity contribution in [2.45, 2.75) is 38.1 Å². The Morgan fingerprint density at radius 2 is 1.88 bits per heavy atom. The number of nitriles is 1. The lowest BCUT2D eigenvalue weighted by atomic mass is 9.88. The van der Waals surface area contributed by atoms with Crippen LogP contribution in [0.3, 0.4) is 0 Å². The highest BCUT2D eigenvalue weighted by atomic mass is 35.5. The summed E-state index contributed by atoms with van der Waals surface area (Å²) >= 11 is 6.67. The summed E-state index contributed by atoms with van der Waals surface area (Å²) in [5, 5.41) is 19.4. The minimum absolute atomic E-state index is 0.162. The maximum Gasteiger partial charge on any atom is 0.276 e. The van der Waals surface area contributed by atoms with E-state index >= 15 is 0 Å². The van der Waals surface area contributed by atoms with Crippen molar-refractivity contribution in [3.63, 3.8) is 0 Å². The number of nitrogens with two attached hydrogens (primary N) is 1. The van der Waals surface area contributed by atoms with Gasteiger partial charge in [-0.05, 0) is 54.6 Å². The van der Waals surface area contributed by atoms with E-state index in [0.717, 1.165) is 49.3 Å². The fourth-order valence-electron chi connectivity index (χ4n) is 5.97. The number of benzene rings is 2. The Balaban J connectivity index is 1.61. The van der Waals surface area contributed by atoms with Crippen molar-refractivity contribution in [1.82, 2.24) is 9.38 Å². The van der Waals surface area contributed by atoms with E-state index in [-0.39, 0.29) is 29.5 Å². The number of amides is 1. The standard InChI is InChI=1S/C27H33ClN4O2/c1-19-16-26(27(30)34)32(18-19,14-10-29)25-17-23(6-7-24(25)28)21-4-2-20(3-5-21)22-8-11-31(12-9-22)13-15-33/h2-7,17,19,22,26,33H,8-9,11-16,18H2,1H3,(H-,30,34)/p+1/t19-,26-,32?/m0/s1. The Bertz CT molecular complexity index is 1060. The van der Waals surface area contributed by atoms with E-state index < -0.39 is 6.04 Å². The molecule has 1 unspecified atom stereocenters. The first-order chi connectivity index (χ1) is 16.4. The number of carbonyl (C=O) groups is 1. The summed E-state index contributed by atoms with van der Waals surface area (Å²) in [6, 6.07) is 16.4. The number of halogens is 1. The molecule has 2 aromatic carbocycles. The molecule has 2 saturated heterocycles. The third-order valence-corrected chi connectivity index (χ3v) is 8.01. The van der Waals surface area contributed by atoms with Crippen LogP contribution in [-0.2, 0) is 4.79 Å². The summed E-state index contributed by atoms with van der Waals surface area (Å²) in [6.45, 7) is 5.94. The molecule has 0 aromatic heterocycles. The first kappa shape index (κ1) is 24.7. The molecule has 3 N–H and O–H groups in total. The average molecular weight is 482 g/mol. The molecule has 0 aliphatic carbocycles. The smallest absolute Gasteiger partial charge is 0.276 e. The van der Waals surface area contributed by atoms with Crippen LogP contribution in [0, 0.1) is 17.2 Å². The van der Waals surface area contributed by atoms with Crippen LogP contribution in [-0.4, -0.2) is 61.3 Å². The minimum Gasteiger partial charge on any atom is -0.395 e. The molecule has 0 saturated carbocycles. The SMILES string of the molecule is C[C@H]1C[C@@H](C(N)=O)[N+](CC#N)(c2cc(-c3ccc(C4CCN(CCO)CC4)cc3)ccc2Cl)C1. The van der Waals surface area contributed by atoms with Crippen LogP contribution < -0.4 is 10.2 Å². The average Bonchev–Trinajstić information content (AvgIpc) is 3.17. The van der Waals surface area contributed by atoms with Crippen LogP contribution in [0.5, 0.6) is 0 Å². The topological polar surface area (TPSA) is 90.3 Å². The molecule has 4 rings (SSSR count). The Morgan fingerprint density at radius 1 is 1.21 bits per heavy atom. The molecule has 1 amide bonds. The second kappa shape index (κ2) is 10.5. The lowest BCUT2D eigenvalue weighted by Gasteiger charge is -2.37. The van der Waals surface area contributed by atoms with Crippen molar-refractivity contribution < 1.29 is 9.90 Å². The number of primary amides is 1. The van der Waals surface area contributed by atoms with Crippen LogP contribution >= 0.6 is 11.6 Å². The predicted octanol–water partition coefficient (Wildman–Crippen LogP) is 3.90. The van der Waals surface area contributed by atoms with Gasteiger partial charge in [-0.3, -0.25) is 9.28 Å². The highest BCUT2D eigenvalue weighted by Gasteiger charge is 2.51. The van der Waals surface area contributed by atoms with Gasteiger partial charge in [0, 0.05) is 24.9 Å². The first-order valence-corrected chi connectivity index (χ1v) is 12.5. The van der Waals surface area contributed by atoms with Gasteiger partial charge in [0.1, 0.15) is 11.1 Å².